The van der Waals surface area contributed by atoms with Gasteiger partial charge in [0.05, 0.1) is 30.0 Å². The number of nitrogens with zero attached hydrogens (tertiary/aromatic N) is 4. The van der Waals surface area contributed by atoms with Crippen LogP contribution in [0.3, 0.4) is 0 Å². The smallest absolute Gasteiger partial charge is 0.332 e. The number of phenolic OH excluding ortho intramolecular Hbond substituents is 1. The molecule has 2 aliphatic heterocycles. The maximum atomic E-state index is 13.4. The summed E-state index contributed by atoms with van der Waals surface area (Å²) in [5, 5.41) is 16.9. The normalized spacial score (nSPS) is 14.9. The molecule has 0 saturated carbocycles. The number of ether oxygens (including phenoxy) is 2. The lowest BCUT2D eigenvalue weighted by atomic mass is 10.1. The molecule has 3 amide bonds. The maximum Gasteiger partial charge on any atom is 0.332 e. The predicted molar refractivity (Wildman–Crippen MR) is 164 cm³/mol. The quantitative estimate of drug-likeness (QED) is 0.211. The van der Waals surface area contributed by atoms with E-state index in [1.807, 2.05) is 30.3 Å². The number of aromatic nitrogens is 2. The number of benzene rings is 3. The van der Waals surface area contributed by atoms with Gasteiger partial charge in [0, 0.05) is 37.0 Å². The van der Waals surface area contributed by atoms with Gasteiger partial charge in [0.2, 0.25) is 0 Å². The van der Waals surface area contributed by atoms with E-state index in [0.29, 0.717) is 64.4 Å². The Morgan fingerprint density at radius 3 is 2.56 bits per heavy atom. The van der Waals surface area contributed by atoms with Crippen molar-refractivity contribution >= 4 is 56.4 Å². The highest BCUT2D eigenvalue weighted by atomic mass is 32.1. The molecule has 43 heavy (non-hydrogen) atoms. The Hall–Kier alpha value is -5.04. The number of hydrogen-bond donors (Lipinski definition) is 3. The largest absolute Gasteiger partial charge is 0.508 e. The van der Waals surface area contributed by atoms with Gasteiger partial charge in [-0.15, -0.1) is 11.3 Å². The number of hydrogen-bond acceptors (Lipinski definition) is 9. The van der Waals surface area contributed by atoms with Crippen LogP contribution in [-0.4, -0.2) is 58.2 Å². The van der Waals surface area contributed by atoms with Crippen LogP contribution in [0.4, 0.5) is 27.7 Å². The summed E-state index contributed by atoms with van der Waals surface area (Å²) >= 11 is 1.16. The number of anilines is 4. The zero-order valence-corrected chi connectivity index (χ0v) is 23.6. The Morgan fingerprint density at radius 2 is 1.79 bits per heavy atom. The van der Waals surface area contributed by atoms with E-state index in [9.17, 15) is 14.7 Å². The minimum Gasteiger partial charge on any atom is -0.508 e. The second-order valence-corrected chi connectivity index (χ2v) is 11.0. The van der Waals surface area contributed by atoms with Crippen LogP contribution in [0.2, 0.25) is 0 Å². The molecule has 3 aromatic carbocycles. The fraction of sp³-hybridized carbons (Fsp3) is 0.161. The maximum absolute atomic E-state index is 13.4. The zero-order chi connectivity index (χ0) is 29.3. The SMILES string of the molecule is O=C(Nc1ccc(CN2CCOCC2)c(O)c1)c1sc2ncnc3c2c1NC(=O)N3c1ccc(Oc2ccccc2)cc1. The van der Waals surface area contributed by atoms with E-state index >= 15 is 0 Å². The van der Waals surface area contributed by atoms with Crippen molar-refractivity contribution < 1.29 is 24.2 Å². The van der Waals surface area contributed by atoms with Crippen LogP contribution in [0.5, 0.6) is 17.2 Å². The fourth-order valence-corrected chi connectivity index (χ4v) is 6.10. The van der Waals surface area contributed by atoms with E-state index in [4.69, 9.17) is 9.47 Å². The molecule has 7 rings (SSSR count). The van der Waals surface area contributed by atoms with E-state index < -0.39 is 11.9 Å². The number of carbonyl (C=O) groups excluding carboxylic acids is 2. The van der Waals surface area contributed by atoms with Gasteiger partial charge < -0.3 is 25.2 Å². The number of thiophene rings is 1. The molecule has 2 aliphatic rings. The van der Waals surface area contributed by atoms with Crippen LogP contribution in [0, 0.1) is 0 Å². The number of amides is 3. The average Bonchev–Trinajstić information content (AvgIpc) is 3.40. The first-order valence-electron chi connectivity index (χ1n) is 13.7. The molecule has 1 saturated heterocycles. The van der Waals surface area contributed by atoms with Crippen molar-refractivity contribution in [3.8, 4) is 17.2 Å². The molecule has 0 spiro atoms. The van der Waals surface area contributed by atoms with Crippen LogP contribution in [0.25, 0.3) is 10.2 Å². The van der Waals surface area contributed by atoms with Gasteiger partial charge in [0.15, 0.2) is 5.82 Å². The zero-order valence-electron chi connectivity index (χ0n) is 22.8. The minimum absolute atomic E-state index is 0.0965. The number of para-hydroxylation sites is 1. The minimum atomic E-state index is -0.457. The van der Waals surface area contributed by atoms with Gasteiger partial charge in [-0.05, 0) is 42.5 Å². The molecule has 0 bridgehead atoms. The number of morpholine rings is 1. The molecule has 0 atom stereocenters. The van der Waals surface area contributed by atoms with Crippen LogP contribution >= 0.6 is 11.3 Å². The highest BCUT2D eigenvalue weighted by Crippen LogP contribution is 2.45. The van der Waals surface area contributed by atoms with Crippen LogP contribution in [0.15, 0.2) is 79.1 Å². The van der Waals surface area contributed by atoms with Gasteiger partial charge in [-0.1, -0.05) is 24.3 Å². The topological polar surface area (TPSA) is 129 Å². The Morgan fingerprint density at radius 1 is 1.02 bits per heavy atom. The predicted octanol–water partition coefficient (Wildman–Crippen LogP) is 5.96. The first-order chi connectivity index (χ1) is 21.0. The number of phenols is 1. The summed E-state index contributed by atoms with van der Waals surface area (Å²) < 4.78 is 11.3. The van der Waals surface area contributed by atoms with E-state index in [1.54, 1.807) is 36.4 Å². The third-order valence-electron chi connectivity index (χ3n) is 7.24. The summed E-state index contributed by atoms with van der Waals surface area (Å²) in [4.78, 5) is 40.1. The molecule has 2 aromatic heterocycles. The summed E-state index contributed by atoms with van der Waals surface area (Å²) in [5.74, 6) is 1.37. The molecule has 216 valence electrons. The summed E-state index contributed by atoms with van der Waals surface area (Å²) in [6, 6.07) is 21.1. The Kier molecular flexibility index (Phi) is 7.07. The van der Waals surface area contributed by atoms with E-state index in [-0.39, 0.29) is 10.6 Å². The number of nitrogens with one attached hydrogen (secondary N) is 2. The molecular weight excluding hydrogens is 568 g/mol. The standard InChI is InChI=1S/C31H26N6O5S/c38-24-16-20(7-6-19(24)17-36-12-14-41-15-13-36)34-29(39)27-26-25-28(32-18-33-30(25)43-27)37(31(40)35-26)21-8-10-23(11-9-21)42-22-4-2-1-3-5-22/h1-11,16,18,38H,12-15,17H2,(H,34,39)(H,35,40). The van der Waals surface area contributed by atoms with Crippen molar-refractivity contribution in [1.82, 2.24) is 14.9 Å². The molecular formula is C31H26N6O5S. The van der Waals surface area contributed by atoms with Crippen molar-refractivity contribution in [3.63, 3.8) is 0 Å². The second kappa shape index (κ2) is 11.3. The van der Waals surface area contributed by atoms with Crippen molar-refractivity contribution in [3.05, 3.63) is 89.6 Å². The van der Waals surface area contributed by atoms with Crippen molar-refractivity contribution in [2.24, 2.45) is 0 Å². The van der Waals surface area contributed by atoms with Gasteiger partial charge in [0.1, 0.15) is 33.3 Å². The van der Waals surface area contributed by atoms with Crippen LogP contribution in [-0.2, 0) is 11.3 Å². The van der Waals surface area contributed by atoms with Crippen molar-refractivity contribution in [1.29, 1.82) is 0 Å². The summed E-state index contributed by atoms with van der Waals surface area (Å²) in [5.41, 5.74) is 2.13. The third kappa shape index (κ3) is 5.34. The highest BCUT2D eigenvalue weighted by molar-refractivity contribution is 7.21. The first kappa shape index (κ1) is 26.8. The summed E-state index contributed by atoms with van der Waals surface area (Å²) in [7, 11) is 0. The Labute approximate surface area is 250 Å². The molecule has 3 N–H and O–H groups in total. The van der Waals surface area contributed by atoms with Crippen LogP contribution in [0.1, 0.15) is 15.2 Å². The van der Waals surface area contributed by atoms with E-state index in [2.05, 4.69) is 25.5 Å². The van der Waals surface area contributed by atoms with Crippen LogP contribution < -0.4 is 20.3 Å². The number of rotatable bonds is 7. The summed E-state index contributed by atoms with van der Waals surface area (Å²) in [6.07, 6.45) is 1.38. The molecule has 1 fully saturated rings. The number of carbonyl (C=O) groups is 2. The van der Waals surface area contributed by atoms with Gasteiger partial charge in [-0.2, -0.15) is 0 Å². The third-order valence-corrected chi connectivity index (χ3v) is 8.33. The van der Waals surface area contributed by atoms with Gasteiger partial charge >= 0.3 is 6.03 Å². The molecule has 0 aliphatic carbocycles. The molecule has 4 heterocycles. The molecule has 0 radical (unpaired) electrons. The molecule has 5 aromatic rings. The molecule has 11 nitrogen and oxygen atoms in total. The number of urea groups is 1. The van der Waals surface area contributed by atoms with Gasteiger partial charge in [0.25, 0.3) is 5.91 Å². The first-order valence-corrected chi connectivity index (χ1v) is 14.5. The average molecular weight is 595 g/mol. The monoisotopic (exact) mass is 594 g/mol. The molecule has 0 unspecified atom stereocenters. The summed E-state index contributed by atoms with van der Waals surface area (Å²) in [6.45, 7) is 3.53. The van der Waals surface area contributed by atoms with Gasteiger partial charge in [-0.3, -0.25) is 9.69 Å². The number of aromatic hydroxyl groups is 1. The van der Waals surface area contributed by atoms with E-state index in [1.165, 1.54) is 17.3 Å². The Bertz CT molecular complexity index is 1820. The van der Waals surface area contributed by atoms with Crippen molar-refractivity contribution in [2.75, 3.05) is 41.8 Å². The van der Waals surface area contributed by atoms with Gasteiger partial charge in [-0.25, -0.2) is 19.7 Å². The lowest BCUT2D eigenvalue weighted by Gasteiger charge is -2.27. The lowest BCUT2D eigenvalue weighted by Crippen LogP contribution is -2.35. The highest BCUT2D eigenvalue weighted by Gasteiger charge is 2.34. The fourth-order valence-electron chi connectivity index (χ4n) is 5.12. The van der Waals surface area contributed by atoms with Crippen molar-refractivity contribution in [2.45, 2.75) is 6.54 Å². The second-order valence-electron chi connectivity index (χ2n) is 10.0. The Balaban J connectivity index is 1.13. The lowest BCUT2D eigenvalue weighted by molar-refractivity contribution is 0.0339. The van der Waals surface area contributed by atoms with E-state index in [0.717, 1.165) is 30.0 Å². The molecule has 12 heteroatoms.